The van der Waals surface area contributed by atoms with Gasteiger partial charge in [-0.1, -0.05) is 19.1 Å². The lowest BCUT2D eigenvalue weighted by Gasteiger charge is -2.36. The third-order valence-corrected chi connectivity index (χ3v) is 8.36. The van der Waals surface area contributed by atoms with Crippen LogP contribution in [0.15, 0.2) is 67.0 Å². The van der Waals surface area contributed by atoms with Crippen LogP contribution in [0.3, 0.4) is 0 Å². The first-order valence-corrected chi connectivity index (χ1v) is 16.1. The van der Waals surface area contributed by atoms with Gasteiger partial charge in [-0.2, -0.15) is 0 Å². The molecule has 0 saturated carbocycles. The molecule has 0 spiro atoms. The third-order valence-electron chi connectivity index (χ3n) is 8.36. The number of hydrogen-bond donors (Lipinski definition) is 2. The molecule has 4 rings (SSSR count). The number of ether oxygens (including phenoxy) is 3. The van der Waals surface area contributed by atoms with Crippen LogP contribution in [0.4, 0.5) is 5.69 Å². The number of rotatable bonds is 9. The maximum atomic E-state index is 14.3. The molecule has 46 heavy (non-hydrogen) atoms. The minimum Gasteiger partial charge on any atom is -0.497 e. The number of nitrogens with one attached hydrogen (secondary N) is 1. The standard InChI is InChI=1S/C36H48N4O6/c1-25-21-40(26(2)24-41)36(43)32-20-30(38-35(42)29-15-17-37-18-16-29)11-14-33(32)46-27(3)8-6-7-19-45-34(25)23-39(4)22-28-9-12-31(44-5)13-10-28/h9-18,20,25-27,34,41H,6-8,19,21-24H2,1-5H3,(H,38,42)/t25-,26-,27-,34-/m1/s1. The molecule has 0 saturated heterocycles. The Kier molecular flexibility index (Phi) is 12.9. The summed E-state index contributed by atoms with van der Waals surface area (Å²) in [5.74, 6) is 0.640. The number of carbonyl (C=O) groups excluding carboxylic acids is 2. The van der Waals surface area contributed by atoms with Crippen molar-refractivity contribution < 1.29 is 28.9 Å². The molecule has 10 nitrogen and oxygen atoms in total. The lowest BCUT2D eigenvalue weighted by atomic mass is 10.0. The number of methoxy groups -OCH3 is 1. The molecule has 10 heteroatoms. The molecular weight excluding hydrogens is 584 g/mol. The van der Waals surface area contributed by atoms with Gasteiger partial charge < -0.3 is 29.5 Å². The van der Waals surface area contributed by atoms with Crippen LogP contribution < -0.4 is 14.8 Å². The van der Waals surface area contributed by atoms with Gasteiger partial charge >= 0.3 is 0 Å². The molecule has 2 amide bonds. The second-order valence-electron chi connectivity index (χ2n) is 12.2. The normalized spacial score (nSPS) is 20.3. The predicted octanol–water partition coefficient (Wildman–Crippen LogP) is 5.27. The monoisotopic (exact) mass is 632 g/mol. The van der Waals surface area contributed by atoms with Crippen LogP contribution in [-0.4, -0.2) is 90.4 Å². The highest BCUT2D eigenvalue weighted by Gasteiger charge is 2.30. The van der Waals surface area contributed by atoms with Crippen molar-refractivity contribution >= 4 is 17.5 Å². The second kappa shape index (κ2) is 17.1. The SMILES string of the molecule is COc1ccc(CN(C)C[C@H]2OCCCC[C@@H](C)Oc3ccc(NC(=O)c4ccncc4)cc3C(=O)N([C@H](C)CO)C[C@H]2C)cc1. The molecule has 2 N–H and O–H groups in total. The molecule has 0 radical (unpaired) electrons. The Labute approximate surface area is 272 Å². The predicted molar refractivity (Wildman–Crippen MR) is 178 cm³/mol. The van der Waals surface area contributed by atoms with Crippen molar-refractivity contribution in [2.75, 3.05) is 45.8 Å². The summed E-state index contributed by atoms with van der Waals surface area (Å²) in [6.07, 6.45) is 5.43. The molecule has 248 valence electrons. The van der Waals surface area contributed by atoms with Crippen molar-refractivity contribution in [1.29, 1.82) is 0 Å². The van der Waals surface area contributed by atoms with Gasteiger partial charge in [0.2, 0.25) is 0 Å². The molecule has 1 aliphatic heterocycles. The number of aliphatic hydroxyl groups is 1. The largest absolute Gasteiger partial charge is 0.497 e. The van der Waals surface area contributed by atoms with Gasteiger partial charge in [-0.3, -0.25) is 19.5 Å². The average molecular weight is 633 g/mol. The summed E-state index contributed by atoms with van der Waals surface area (Å²) >= 11 is 0. The number of hydrogen-bond acceptors (Lipinski definition) is 8. The maximum Gasteiger partial charge on any atom is 0.258 e. The van der Waals surface area contributed by atoms with Crippen LogP contribution in [0.1, 0.15) is 66.3 Å². The number of anilines is 1. The van der Waals surface area contributed by atoms with Gasteiger partial charge in [-0.05, 0) is 88.2 Å². The van der Waals surface area contributed by atoms with E-state index in [0.717, 1.165) is 31.6 Å². The number of amides is 2. The topological polar surface area (TPSA) is 113 Å². The highest BCUT2D eigenvalue weighted by atomic mass is 16.5. The Bertz CT molecular complexity index is 1400. The first-order valence-electron chi connectivity index (χ1n) is 16.1. The van der Waals surface area contributed by atoms with Crippen LogP contribution in [0, 0.1) is 5.92 Å². The lowest BCUT2D eigenvalue weighted by Crippen LogP contribution is -2.47. The van der Waals surface area contributed by atoms with Crippen LogP contribution in [0.5, 0.6) is 11.5 Å². The number of carbonyl (C=O) groups is 2. The van der Waals surface area contributed by atoms with E-state index in [9.17, 15) is 14.7 Å². The molecule has 0 fully saturated rings. The minimum absolute atomic E-state index is 0.0444. The molecule has 0 unspecified atom stereocenters. The number of aliphatic hydroxyl groups excluding tert-OH is 1. The quantitative estimate of drug-likeness (QED) is 0.328. The van der Waals surface area contributed by atoms with Crippen LogP contribution in [-0.2, 0) is 11.3 Å². The number of nitrogens with zero attached hydrogens (tertiary/aromatic N) is 3. The van der Waals surface area contributed by atoms with Gasteiger partial charge in [-0.15, -0.1) is 0 Å². The Morgan fingerprint density at radius 1 is 1.13 bits per heavy atom. The molecular formula is C36H48N4O6. The zero-order valence-electron chi connectivity index (χ0n) is 27.6. The molecule has 2 heterocycles. The van der Waals surface area contributed by atoms with Crippen molar-refractivity contribution in [1.82, 2.24) is 14.8 Å². The summed E-state index contributed by atoms with van der Waals surface area (Å²) in [6, 6.07) is 16.0. The molecule has 4 atom stereocenters. The number of pyridine rings is 1. The highest BCUT2D eigenvalue weighted by Crippen LogP contribution is 2.29. The number of likely N-dealkylation sites (N-methyl/N-ethyl adjacent to an activating group) is 1. The van der Waals surface area contributed by atoms with E-state index in [2.05, 4.69) is 41.3 Å². The van der Waals surface area contributed by atoms with Crippen molar-refractivity contribution in [2.45, 2.75) is 64.8 Å². The summed E-state index contributed by atoms with van der Waals surface area (Å²) in [5, 5.41) is 13.1. The van der Waals surface area contributed by atoms with Gasteiger partial charge in [0.1, 0.15) is 11.5 Å². The maximum absolute atomic E-state index is 14.3. The fourth-order valence-electron chi connectivity index (χ4n) is 5.58. The lowest BCUT2D eigenvalue weighted by molar-refractivity contribution is -0.0177. The van der Waals surface area contributed by atoms with Crippen LogP contribution in [0.25, 0.3) is 0 Å². The summed E-state index contributed by atoms with van der Waals surface area (Å²) in [5.41, 5.74) is 2.42. The molecule has 2 aromatic carbocycles. The molecule has 1 aromatic heterocycles. The van der Waals surface area contributed by atoms with E-state index in [-0.39, 0.29) is 36.5 Å². The van der Waals surface area contributed by atoms with Gasteiger partial charge in [0, 0.05) is 55.8 Å². The number of fused-ring (bicyclic) bond motifs is 1. The van der Waals surface area contributed by atoms with E-state index in [0.29, 0.717) is 42.3 Å². The Morgan fingerprint density at radius 3 is 2.57 bits per heavy atom. The smallest absolute Gasteiger partial charge is 0.258 e. The van der Waals surface area contributed by atoms with Crippen LogP contribution in [0.2, 0.25) is 0 Å². The highest BCUT2D eigenvalue weighted by molar-refractivity contribution is 6.05. The van der Waals surface area contributed by atoms with Crippen molar-refractivity contribution in [3.8, 4) is 11.5 Å². The Balaban J connectivity index is 1.59. The fourth-order valence-corrected chi connectivity index (χ4v) is 5.58. The summed E-state index contributed by atoms with van der Waals surface area (Å²) < 4.78 is 18.1. The summed E-state index contributed by atoms with van der Waals surface area (Å²) in [4.78, 5) is 35.1. The van der Waals surface area contributed by atoms with Crippen molar-refractivity contribution in [3.05, 3.63) is 83.7 Å². The van der Waals surface area contributed by atoms with Gasteiger partial charge in [0.25, 0.3) is 11.8 Å². The fraction of sp³-hybridized carbons (Fsp3) is 0.472. The third kappa shape index (κ3) is 9.75. The molecule has 1 aliphatic rings. The second-order valence-corrected chi connectivity index (χ2v) is 12.2. The number of benzene rings is 2. The van der Waals surface area contributed by atoms with Gasteiger partial charge in [-0.25, -0.2) is 0 Å². The zero-order chi connectivity index (χ0) is 33.1. The zero-order valence-corrected chi connectivity index (χ0v) is 27.6. The molecule has 3 aromatic rings. The Morgan fingerprint density at radius 2 is 1.87 bits per heavy atom. The Hall–Kier alpha value is -3.99. The van der Waals surface area contributed by atoms with Gasteiger partial charge in [0.05, 0.1) is 37.5 Å². The van der Waals surface area contributed by atoms with E-state index in [1.54, 1.807) is 54.7 Å². The van der Waals surface area contributed by atoms with Crippen LogP contribution >= 0.6 is 0 Å². The first-order chi connectivity index (χ1) is 22.2. The minimum atomic E-state index is -0.458. The first kappa shape index (κ1) is 34.9. The average Bonchev–Trinajstić information content (AvgIpc) is 3.06. The van der Waals surface area contributed by atoms with Crippen molar-refractivity contribution in [3.63, 3.8) is 0 Å². The van der Waals surface area contributed by atoms with E-state index in [1.807, 2.05) is 26.0 Å². The van der Waals surface area contributed by atoms with E-state index in [1.165, 1.54) is 5.56 Å². The summed E-state index contributed by atoms with van der Waals surface area (Å²) in [6.45, 7) is 8.10. The van der Waals surface area contributed by atoms with Crippen molar-refractivity contribution in [2.24, 2.45) is 5.92 Å². The van der Waals surface area contributed by atoms with Gasteiger partial charge in [0.15, 0.2) is 0 Å². The van der Waals surface area contributed by atoms with E-state index >= 15 is 0 Å². The summed E-state index contributed by atoms with van der Waals surface area (Å²) in [7, 11) is 3.73. The van der Waals surface area contributed by atoms with E-state index in [4.69, 9.17) is 14.2 Å². The van der Waals surface area contributed by atoms with E-state index < -0.39 is 6.04 Å². The molecule has 0 aliphatic carbocycles. The number of aromatic nitrogens is 1. The molecule has 0 bridgehead atoms.